The SMILES string of the molecule is CCNC(=NCCS(=O)(=O)c1ccccc1)NC1CCN(CC(F)(F)F)C1.I. The zero-order valence-electron chi connectivity index (χ0n) is 15.6. The van der Waals surface area contributed by atoms with Gasteiger partial charge >= 0.3 is 6.18 Å². The predicted molar refractivity (Wildman–Crippen MR) is 114 cm³/mol. The Labute approximate surface area is 180 Å². The molecule has 1 heterocycles. The smallest absolute Gasteiger partial charge is 0.357 e. The van der Waals surface area contributed by atoms with Crippen LogP contribution in [0.2, 0.25) is 0 Å². The number of aliphatic imine (C=N–C) groups is 1. The lowest BCUT2D eigenvalue weighted by Gasteiger charge is -2.19. The molecule has 28 heavy (non-hydrogen) atoms. The first-order chi connectivity index (χ1) is 12.7. The molecule has 1 aromatic rings. The number of guanidine groups is 1. The molecule has 1 unspecified atom stereocenters. The molecule has 1 atom stereocenters. The van der Waals surface area contributed by atoms with Crippen molar-refractivity contribution in [3.8, 4) is 0 Å². The van der Waals surface area contributed by atoms with Gasteiger partial charge in [-0.1, -0.05) is 18.2 Å². The minimum atomic E-state index is -4.21. The Hall–Kier alpha value is -1.08. The van der Waals surface area contributed by atoms with Gasteiger partial charge in [-0.2, -0.15) is 13.2 Å². The highest BCUT2D eigenvalue weighted by Gasteiger charge is 2.34. The number of hydrogen-bond acceptors (Lipinski definition) is 4. The molecule has 0 saturated carbocycles. The van der Waals surface area contributed by atoms with Gasteiger partial charge in [-0.25, -0.2) is 8.42 Å². The van der Waals surface area contributed by atoms with Gasteiger partial charge in [-0.3, -0.25) is 9.89 Å². The Kier molecular flexibility index (Phi) is 9.98. The van der Waals surface area contributed by atoms with E-state index >= 15 is 0 Å². The molecule has 0 amide bonds. The number of sulfone groups is 1. The normalized spacial score (nSPS) is 18.6. The summed E-state index contributed by atoms with van der Waals surface area (Å²) < 4.78 is 62.0. The van der Waals surface area contributed by atoms with Crippen LogP contribution in [0.1, 0.15) is 13.3 Å². The van der Waals surface area contributed by atoms with Crippen molar-refractivity contribution < 1.29 is 21.6 Å². The Morgan fingerprint density at radius 3 is 2.57 bits per heavy atom. The fourth-order valence-electron chi connectivity index (χ4n) is 2.88. The molecule has 11 heteroatoms. The Morgan fingerprint density at radius 1 is 1.29 bits per heavy atom. The molecule has 6 nitrogen and oxygen atoms in total. The van der Waals surface area contributed by atoms with Crippen LogP contribution in [0.4, 0.5) is 13.2 Å². The molecule has 1 fully saturated rings. The van der Waals surface area contributed by atoms with Crippen LogP contribution < -0.4 is 10.6 Å². The van der Waals surface area contributed by atoms with E-state index < -0.39 is 22.6 Å². The number of hydrogen-bond donors (Lipinski definition) is 2. The number of halogens is 4. The van der Waals surface area contributed by atoms with E-state index in [4.69, 9.17) is 0 Å². The maximum Gasteiger partial charge on any atom is 0.401 e. The number of nitrogens with zero attached hydrogens (tertiary/aromatic N) is 2. The summed E-state index contributed by atoms with van der Waals surface area (Å²) in [5.74, 6) is 0.276. The van der Waals surface area contributed by atoms with Crippen LogP contribution in [-0.4, -0.2) is 70.0 Å². The van der Waals surface area contributed by atoms with Crippen LogP contribution in [0.3, 0.4) is 0 Å². The summed E-state index contributed by atoms with van der Waals surface area (Å²) in [5, 5.41) is 6.10. The van der Waals surface area contributed by atoms with Gasteiger partial charge in [0.15, 0.2) is 15.8 Å². The third kappa shape index (κ3) is 8.52. The van der Waals surface area contributed by atoms with Gasteiger partial charge in [0.25, 0.3) is 0 Å². The third-order valence-corrected chi connectivity index (χ3v) is 5.80. The fraction of sp³-hybridized carbons (Fsp3) is 0.588. The van der Waals surface area contributed by atoms with Crippen LogP contribution in [0.25, 0.3) is 0 Å². The van der Waals surface area contributed by atoms with Gasteiger partial charge in [0.1, 0.15) is 0 Å². The maximum atomic E-state index is 12.5. The summed E-state index contributed by atoms with van der Waals surface area (Å²) in [5.41, 5.74) is 0. The Balaban J connectivity index is 0.00000392. The highest BCUT2D eigenvalue weighted by Crippen LogP contribution is 2.19. The fourth-order valence-corrected chi connectivity index (χ4v) is 4.02. The maximum absolute atomic E-state index is 12.5. The largest absolute Gasteiger partial charge is 0.401 e. The van der Waals surface area contributed by atoms with E-state index in [1.54, 1.807) is 18.2 Å². The van der Waals surface area contributed by atoms with Crippen molar-refractivity contribution >= 4 is 39.8 Å². The van der Waals surface area contributed by atoms with Gasteiger partial charge in [0, 0.05) is 25.7 Å². The van der Waals surface area contributed by atoms with E-state index in [0.717, 1.165) is 0 Å². The summed E-state index contributed by atoms with van der Waals surface area (Å²) in [4.78, 5) is 5.86. The van der Waals surface area contributed by atoms with Crippen molar-refractivity contribution in [1.29, 1.82) is 0 Å². The first-order valence-corrected chi connectivity index (χ1v) is 10.5. The second-order valence-corrected chi connectivity index (χ2v) is 8.48. The van der Waals surface area contributed by atoms with Gasteiger partial charge in [0.2, 0.25) is 0 Å². The quantitative estimate of drug-likeness (QED) is 0.319. The zero-order valence-corrected chi connectivity index (χ0v) is 18.7. The number of alkyl halides is 3. The van der Waals surface area contributed by atoms with Crippen molar-refractivity contribution in [1.82, 2.24) is 15.5 Å². The number of nitrogens with one attached hydrogen (secondary N) is 2. The molecule has 1 aliphatic heterocycles. The summed E-state index contributed by atoms with van der Waals surface area (Å²) in [6, 6.07) is 7.99. The number of likely N-dealkylation sites (tertiary alicyclic amines) is 1. The van der Waals surface area contributed by atoms with Crippen molar-refractivity contribution in [3.63, 3.8) is 0 Å². The minimum Gasteiger partial charge on any atom is -0.357 e. The first kappa shape index (κ1) is 25.0. The molecule has 0 aromatic heterocycles. The standard InChI is InChI=1S/C17H25F3N4O2S.HI/c1-2-21-16(23-14-8-10-24(12-14)13-17(18,19)20)22-9-11-27(25,26)15-6-4-3-5-7-15;/h3-7,14H,2,8-13H2,1H3,(H2,21,22,23);1H. The second kappa shape index (κ2) is 11.2. The highest BCUT2D eigenvalue weighted by molar-refractivity contribution is 14.0. The summed E-state index contributed by atoms with van der Waals surface area (Å²) in [6.07, 6.45) is -3.64. The van der Waals surface area contributed by atoms with Crippen LogP contribution in [0.5, 0.6) is 0 Å². The van der Waals surface area contributed by atoms with Crippen LogP contribution >= 0.6 is 24.0 Å². The van der Waals surface area contributed by atoms with Crippen LogP contribution in [-0.2, 0) is 9.84 Å². The second-order valence-electron chi connectivity index (χ2n) is 6.37. The molecule has 0 radical (unpaired) electrons. The lowest BCUT2D eigenvalue weighted by Crippen LogP contribution is -2.45. The van der Waals surface area contributed by atoms with Gasteiger partial charge in [0.05, 0.1) is 23.7 Å². The molecule has 0 aliphatic carbocycles. The van der Waals surface area contributed by atoms with Crippen LogP contribution in [0.15, 0.2) is 40.2 Å². The van der Waals surface area contributed by atoms with Crippen molar-refractivity contribution in [2.75, 3.05) is 38.5 Å². The average molecular weight is 534 g/mol. The van der Waals surface area contributed by atoms with Gasteiger partial charge < -0.3 is 10.6 Å². The number of benzene rings is 1. The molecular formula is C17H26F3IN4O2S. The predicted octanol–water partition coefficient (Wildman–Crippen LogP) is 2.27. The molecule has 0 bridgehead atoms. The van der Waals surface area contributed by atoms with Gasteiger partial charge in [-0.05, 0) is 25.5 Å². The Bertz CT molecular complexity index is 730. The summed E-state index contributed by atoms with van der Waals surface area (Å²) >= 11 is 0. The molecule has 2 rings (SSSR count). The van der Waals surface area contributed by atoms with Gasteiger partial charge in [-0.15, -0.1) is 24.0 Å². The molecule has 1 aliphatic rings. The molecule has 1 saturated heterocycles. The lowest BCUT2D eigenvalue weighted by molar-refractivity contribution is -0.143. The van der Waals surface area contributed by atoms with Crippen molar-refractivity contribution in [3.05, 3.63) is 30.3 Å². The van der Waals surface area contributed by atoms with Crippen LogP contribution in [0, 0.1) is 0 Å². The van der Waals surface area contributed by atoms with Crippen molar-refractivity contribution in [2.24, 2.45) is 4.99 Å². The van der Waals surface area contributed by atoms with E-state index in [9.17, 15) is 21.6 Å². The molecule has 1 aromatic carbocycles. The monoisotopic (exact) mass is 534 g/mol. The topological polar surface area (TPSA) is 73.8 Å². The highest BCUT2D eigenvalue weighted by atomic mass is 127. The summed E-state index contributed by atoms with van der Waals surface area (Å²) in [7, 11) is -3.42. The third-order valence-electron chi connectivity index (χ3n) is 4.09. The molecular weight excluding hydrogens is 508 g/mol. The van der Waals surface area contributed by atoms with E-state index in [1.807, 2.05) is 6.92 Å². The summed E-state index contributed by atoms with van der Waals surface area (Å²) in [6.45, 7) is 2.20. The molecule has 160 valence electrons. The van der Waals surface area contributed by atoms with Crippen molar-refractivity contribution in [2.45, 2.75) is 30.5 Å². The average Bonchev–Trinajstić information content (AvgIpc) is 3.00. The zero-order chi connectivity index (χ0) is 19.9. The number of rotatable bonds is 7. The molecule has 2 N–H and O–H groups in total. The molecule has 0 spiro atoms. The van der Waals surface area contributed by atoms with E-state index in [0.29, 0.717) is 25.5 Å². The minimum absolute atomic E-state index is 0. The Morgan fingerprint density at radius 2 is 1.96 bits per heavy atom. The van der Waals surface area contributed by atoms with E-state index in [-0.39, 0.29) is 53.8 Å². The van der Waals surface area contributed by atoms with E-state index in [2.05, 4.69) is 15.6 Å². The lowest BCUT2D eigenvalue weighted by atomic mass is 10.3. The first-order valence-electron chi connectivity index (χ1n) is 8.81. The van der Waals surface area contributed by atoms with E-state index in [1.165, 1.54) is 17.0 Å².